The molecule has 1 aliphatic heterocycles. The number of methoxy groups -OCH3 is 1. The van der Waals surface area contributed by atoms with Crippen LogP contribution in [0.5, 0.6) is 5.75 Å². The van der Waals surface area contributed by atoms with Gasteiger partial charge in [-0.2, -0.15) is 0 Å². The van der Waals surface area contributed by atoms with E-state index in [1.807, 2.05) is 0 Å². The lowest BCUT2D eigenvalue weighted by molar-refractivity contribution is -0.137. The number of nitrogens with zero attached hydrogens (tertiary/aromatic N) is 2. The number of benzene rings is 1. The van der Waals surface area contributed by atoms with E-state index in [1.54, 1.807) is 30.3 Å². The van der Waals surface area contributed by atoms with Gasteiger partial charge in [-0.3, -0.25) is 14.4 Å². The van der Waals surface area contributed by atoms with Crippen molar-refractivity contribution in [3.63, 3.8) is 0 Å². The lowest BCUT2D eigenvalue weighted by atomic mass is 10.1. The summed E-state index contributed by atoms with van der Waals surface area (Å²) in [5.74, 6) is -1.06. The van der Waals surface area contributed by atoms with E-state index < -0.39 is 35.8 Å². The molecule has 2 aromatic rings. The molecular weight excluding hydrogens is 418 g/mol. The third-order valence-electron chi connectivity index (χ3n) is 5.06. The highest BCUT2D eigenvalue weighted by Crippen LogP contribution is 2.23. The van der Waals surface area contributed by atoms with Gasteiger partial charge in [0, 0.05) is 25.3 Å². The predicted molar refractivity (Wildman–Crippen MR) is 114 cm³/mol. The Kier molecular flexibility index (Phi) is 6.98. The number of carbonyl (C=O) groups excluding carboxylic acids is 4. The maximum Gasteiger partial charge on any atom is 0.319 e. The van der Waals surface area contributed by atoms with Crippen LogP contribution >= 0.6 is 0 Å². The summed E-state index contributed by atoms with van der Waals surface area (Å²) in [5.41, 5.74) is 5.71. The van der Waals surface area contributed by atoms with Crippen LogP contribution in [0.4, 0.5) is 10.5 Å². The van der Waals surface area contributed by atoms with Crippen molar-refractivity contribution in [1.29, 1.82) is 0 Å². The number of ether oxygens (including phenoxy) is 1. The molecule has 1 saturated heterocycles. The van der Waals surface area contributed by atoms with E-state index in [0.29, 0.717) is 17.9 Å². The molecule has 5 amide bonds. The van der Waals surface area contributed by atoms with Crippen molar-refractivity contribution < 1.29 is 28.3 Å². The minimum absolute atomic E-state index is 0.0711. The fourth-order valence-electron chi connectivity index (χ4n) is 3.59. The van der Waals surface area contributed by atoms with E-state index in [4.69, 9.17) is 14.9 Å². The van der Waals surface area contributed by atoms with Gasteiger partial charge in [-0.25, -0.2) is 4.79 Å². The van der Waals surface area contributed by atoms with E-state index in [2.05, 4.69) is 10.6 Å². The van der Waals surface area contributed by atoms with Crippen LogP contribution in [0.25, 0.3) is 0 Å². The highest BCUT2D eigenvalue weighted by atomic mass is 16.5. The van der Waals surface area contributed by atoms with E-state index in [9.17, 15) is 19.2 Å². The first-order valence-electron chi connectivity index (χ1n) is 9.89. The molecule has 3 rings (SSSR count). The van der Waals surface area contributed by atoms with Crippen molar-refractivity contribution in [2.24, 2.45) is 5.73 Å². The highest BCUT2D eigenvalue weighted by molar-refractivity contribution is 5.98. The quantitative estimate of drug-likeness (QED) is 0.572. The maximum absolute atomic E-state index is 13.1. The van der Waals surface area contributed by atoms with Gasteiger partial charge < -0.3 is 35.3 Å². The molecule has 2 heterocycles. The number of likely N-dealkylation sites (N-methyl/N-ethyl adjacent to an activating group) is 1. The monoisotopic (exact) mass is 443 g/mol. The van der Waals surface area contributed by atoms with E-state index in [-0.39, 0.29) is 18.8 Å². The van der Waals surface area contributed by atoms with Crippen LogP contribution in [0.1, 0.15) is 17.0 Å². The van der Waals surface area contributed by atoms with E-state index in [0.717, 1.165) is 4.90 Å². The second-order valence-corrected chi connectivity index (χ2v) is 7.31. The number of hydrogen-bond donors (Lipinski definition) is 3. The normalized spacial score (nSPS) is 17.5. The lowest BCUT2D eigenvalue weighted by Crippen LogP contribution is -2.56. The van der Waals surface area contributed by atoms with Crippen molar-refractivity contribution in [3.8, 4) is 5.75 Å². The van der Waals surface area contributed by atoms with Crippen LogP contribution in [0, 0.1) is 0 Å². The molecule has 11 heteroatoms. The minimum Gasteiger partial charge on any atom is -0.497 e. The molecule has 0 spiro atoms. The third kappa shape index (κ3) is 5.17. The van der Waals surface area contributed by atoms with Crippen LogP contribution in [0.3, 0.4) is 0 Å². The Morgan fingerprint density at radius 1 is 1.25 bits per heavy atom. The van der Waals surface area contributed by atoms with Gasteiger partial charge in [-0.15, -0.1) is 0 Å². The lowest BCUT2D eigenvalue weighted by Gasteiger charge is -2.30. The zero-order valence-corrected chi connectivity index (χ0v) is 17.7. The Hall–Kier alpha value is -4.02. The first kappa shape index (κ1) is 22.7. The van der Waals surface area contributed by atoms with Crippen LogP contribution in [-0.2, 0) is 9.59 Å². The number of primary amides is 1. The summed E-state index contributed by atoms with van der Waals surface area (Å²) in [6.45, 7) is -0.106. The summed E-state index contributed by atoms with van der Waals surface area (Å²) in [4.78, 5) is 52.3. The maximum atomic E-state index is 13.1. The highest BCUT2D eigenvalue weighted by Gasteiger charge is 2.44. The zero-order valence-electron chi connectivity index (χ0n) is 17.7. The number of nitrogens with two attached hydrogens (primary N) is 1. The smallest absolute Gasteiger partial charge is 0.319 e. The topological polar surface area (TPSA) is 147 Å². The molecule has 0 radical (unpaired) electrons. The molecule has 2 atom stereocenters. The second kappa shape index (κ2) is 9.86. The standard InChI is InChI=1S/C21H25N5O6/c1-25(12-17(22)27)20(29)18-15(8-9-26(18)19(28)16-7-4-10-32-16)24-21(30)23-13-5-3-6-14(11-13)31-2/h3-7,10-11,15,18H,8-9,12H2,1-2H3,(H2,22,27)(H2,23,24,30). The summed E-state index contributed by atoms with van der Waals surface area (Å²) in [6, 6.07) is 7.57. The number of rotatable bonds is 7. The number of furan rings is 1. The van der Waals surface area contributed by atoms with Gasteiger partial charge in [0.25, 0.3) is 5.91 Å². The molecule has 0 bridgehead atoms. The van der Waals surface area contributed by atoms with Gasteiger partial charge in [-0.1, -0.05) is 6.07 Å². The van der Waals surface area contributed by atoms with Gasteiger partial charge in [0.1, 0.15) is 11.8 Å². The third-order valence-corrected chi connectivity index (χ3v) is 5.06. The molecule has 1 fully saturated rings. The molecule has 1 aromatic heterocycles. The van der Waals surface area contributed by atoms with Crippen LogP contribution < -0.4 is 21.1 Å². The summed E-state index contributed by atoms with van der Waals surface area (Å²) < 4.78 is 10.3. The molecule has 1 aromatic carbocycles. The summed E-state index contributed by atoms with van der Waals surface area (Å²) in [5, 5.41) is 5.44. The summed E-state index contributed by atoms with van der Waals surface area (Å²) in [6.07, 6.45) is 1.69. The molecule has 2 unspecified atom stereocenters. The number of carbonyl (C=O) groups is 4. The molecule has 0 aliphatic carbocycles. The van der Waals surface area contributed by atoms with Crippen molar-refractivity contribution in [1.82, 2.24) is 15.1 Å². The van der Waals surface area contributed by atoms with E-state index >= 15 is 0 Å². The molecule has 170 valence electrons. The number of hydrogen-bond acceptors (Lipinski definition) is 6. The molecule has 1 aliphatic rings. The van der Waals surface area contributed by atoms with Gasteiger partial charge >= 0.3 is 6.03 Å². The molecule has 32 heavy (non-hydrogen) atoms. The summed E-state index contributed by atoms with van der Waals surface area (Å²) in [7, 11) is 2.93. The fourth-order valence-corrected chi connectivity index (χ4v) is 3.59. The zero-order chi connectivity index (χ0) is 23.3. The average molecular weight is 443 g/mol. The Bertz CT molecular complexity index is 992. The van der Waals surface area contributed by atoms with Crippen LogP contribution in [0.2, 0.25) is 0 Å². The first-order chi connectivity index (χ1) is 15.3. The fraction of sp³-hybridized carbons (Fsp3) is 0.333. The molecule has 11 nitrogen and oxygen atoms in total. The largest absolute Gasteiger partial charge is 0.497 e. The number of urea groups is 1. The molecule has 4 N–H and O–H groups in total. The van der Waals surface area contributed by atoms with Crippen molar-refractivity contribution in [2.75, 3.05) is 32.6 Å². The summed E-state index contributed by atoms with van der Waals surface area (Å²) >= 11 is 0. The Labute approximate surface area is 184 Å². The van der Waals surface area contributed by atoms with Crippen molar-refractivity contribution in [2.45, 2.75) is 18.5 Å². The second-order valence-electron chi connectivity index (χ2n) is 7.31. The number of likely N-dealkylation sites (tertiary alicyclic amines) is 1. The minimum atomic E-state index is -1.03. The van der Waals surface area contributed by atoms with Crippen molar-refractivity contribution in [3.05, 3.63) is 48.4 Å². The first-order valence-corrected chi connectivity index (χ1v) is 9.89. The van der Waals surface area contributed by atoms with Crippen molar-refractivity contribution >= 4 is 29.4 Å². The molecule has 0 saturated carbocycles. The van der Waals surface area contributed by atoms with E-state index in [1.165, 1.54) is 31.4 Å². The SMILES string of the molecule is COc1cccc(NC(=O)NC2CCN(C(=O)c3ccco3)C2C(=O)N(C)CC(N)=O)c1. The van der Waals surface area contributed by atoms with Gasteiger partial charge in [0.2, 0.25) is 11.8 Å². The Morgan fingerprint density at radius 3 is 2.69 bits per heavy atom. The number of anilines is 1. The Morgan fingerprint density at radius 2 is 2.03 bits per heavy atom. The predicted octanol–water partition coefficient (Wildman–Crippen LogP) is 0.637. The molecular formula is C21H25N5O6. The van der Waals surface area contributed by atoms with Gasteiger partial charge in [0.05, 0.1) is 26.0 Å². The number of nitrogens with one attached hydrogen (secondary N) is 2. The average Bonchev–Trinajstić information content (AvgIpc) is 3.42. The van der Waals surface area contributed by atoms with Crippen LogP contribution in [0.15, 0.2) is 47.1 Å². The van der Waals surface area contributed by atoms with Gasteiger partial charge in [-0.05, 0) is 30.7 Å². The van der Waals surface area contributed by atoms with Crippen LogP contribution in [-0.4, -0.2) is 72.9 Å². The number of amides is 5. The Balaban J connectivity index is 1.77. The van der Waals surface area contributed by atoms with Gasteiger partial charge in [0.15, 0.2) is 5.76 Å².